The topological polar surface area (TPSA) is 67.6 Å². The first-order valence-electron chi connectivity index (χ1n) is 6.49. The van der Waals surface area contributed by atoms with Gasteiger partial charge in [0.1, 0.15) is 6.07 Å². The van der Waals surface area contributed by atoms with Gasteiger partial charge in [-0.2, -0.15) is 5.26 Å². The van der Waals surface area contributed by atoms with Crippen molar-refractivity contribution in [3.63, 3.8) is 0 Å². The molecule has 1 fully saturated rings. The van der Waals surface area contributed by atoms with E-state index in [1.165, 1.54) is 0 Å². The molecule has 0 amide bonds. The van der Waals surface area contributed by atoms with E-state index < -0.39 is 5.97 Å². The fourth-order valence-corrected chi connectivity index (χ4v) is 2.80. The summed E-state index contributed by atoms with van der Waals surface area (Å²) in [6.07, 6.45) is 0.181. The third-order valence-electron chi connectivity index (χ3n) is 3.46. The summed E-state index contributed by atoms with van der Waals surface area (Å²) < 4.78 is 0.811. The van der Waals surface area contributed by atoms with Crippen molar-refractivity contribution in [2.45, 2.75) is 6.42 Å². The summed E-state index contributed by atoms with van der Waals surface area (Å²) in [5.74, 6) is -0.758. The van der Waals surface area contributed by atoms with Gasteiger partial charge in [-0.15, -0.1) is 0 Å². The first-order valence-corrected chi connectivity index (χ1v) is 7.29. The highest BCUT2D eigenvalue weighted by molar-refractivity contribution is 9.10. The predicted octanol–water partition coefficient (Wildman–Crippen LogP) is 1.92. The molecule has 0 radical (unpaired) electrons. The summed E-state index contributed by atoms with van der Waals surface area (Å²) in [7, 11) is 0. The van der Waals surface area contributed by atoms with E-state index >= 15 is 0 Å². The predicted molar refractivity (Wildman–Crippen MR) is 79.8 cm³/mol. The van der Waals surface area contributed by atoms with Crippen LogP contribution in [0.2, 0.25) is 0 Å². The maximum Gasteiger partial charge on any atom is 0.304 e. The molecular formula is C14H16BrN3O2. The largest absolute Gasteiger partial charge is 0.481 e. The summed E-state index contributed by atoms with van der Waals surface area (Å²) in [5, 5.41) is 17.9. The van der Waals surface area contributed by atoms with Crippen molar-refractivity contribution in [1.82, 2.24) is 4.90 Å². The molecule has 1 aromatic rings. The number of aliphatic carboxylic acids is 1. The van der Waals surface area contributed by atoms with Crippen molar-refractivity contribution in [1.29, 1.82) is 5.26 Å². The molecule has 106 valence electrons. The van der Waals surface area contributed by atoms with Crippen LogP contribution in [0.1, 0.15) is 12.0 Å². The van der Waals surface area contributed by atoms with Crippen LogP contribution in [0.4, 0.5) is 5.69 Å². The van der Waals surface area contributed by atoms with E-state index in [2.05, 4.69) is 31.8 Å². The van der Waals surface area contributed by atoms with Gasteiger partial charge in [0.2, 0.25) is 0 Å². The SMILES string of the molecule is N#Cc1c(Br)cccc1N1CCN(CCC(=O)O)CC1. The number of hydrogen-bond donors (Lipinski definition) is 1. The van der Waals surface area contributed by atoms with Crippen molar-refractivity contribution in [3.8, 4) is 6.07 Å². The highest BCUT2D eigenvalue weighted by atomic mass is 79.9. The zero-order chi connectivity index (χ0) is 14.5. The monoisotopic (exact) mass is 337 g/mol. The number of carboxylic acids is 1. The minimum atomic E-state index is -0.758. The third kappa shape index (κ3) is 3.50. The molecule has 0 aliphatic carbocycles. The Hall–Kier alpha value is -1.58. The van der Waals surface area contributed by atoms with Crippen LogP contribution < -0.4 is 4.90 Å². The summed E-state index contributed by atoms with van der Waals surface area (Å²) in [4.78, 5) is 14.9. The average Bonchev–Trinajstić information content (AvgIpc) is 2.45. The van der Waals surface area contributed by atoms with Crippen molar-refractivity contribution >= 4 is 27.6 Å². The molecule has 6 heteroatoms. The Bertz CT molecular complexity index is 534. The van der Waals surface area contributed by atoms with Gasteiger partial charge in [0, 0.05) is 37.2 Å². The zero-order valence-corrected chi connectivity index (χ0v) is 12.6. The number of rotatable bonds is 4. The van der Waals surface area contributed by atoms with Gasteiger partial charge < -0.3 is 10.0 Å². The number of benzene rings is 1. The summed E-state index contributed by atoms with van der Waals surface area (Å²) in [6, 6.07) is 7.98. The number of halogens is 1. The van der Waals surface area contributed by atoms with E-state index in [1.807, 2.05) is 18.2 Å². The third-order valence-corrected chi connectivity index (χ3v) is 4.12. The lowest BCUT2D eigenvalue weighted by atomic mass is 10.1. The van der Waals surface area contributed by atoms with Gasteiger partial charge in [0.25, 0.3) is 0 Å². The molecule has 1 heterocycles. The molecule has 2 rings (SSSR count). The molecule has 1 aliphatic rings. The Kier molecular flexibility index (Phi) is 4.99. The van der Waals surface area contributed by atoms with Gasteiger partial charge in [0.15, 0.2) is 0 Å². The maximum absolute atomic E-state index is 10.6. The Morgan fingerprint density at radius 3 is 2.65 bits per heavy atom. The molecule has 0 aromatic heterocycles. The van der Waals surface area contributed by atoms with Crippen LogP contribution in [0.5, 0.6) is 0 Å². The van der Waals surface area contributed by atoms with E-state index in [-0.39, 0.29) is 6.42 Å². The highest BCUT2D eigenvalue weighted by Crippen LogP contribution is 2.27. The molecule has 0 spiro atoms. The van der Waals surface area contributed by atoms with Crippen LogP contribution in [-0.2, 0) is 4.79 Å². The molecule has 0 atom stereocenters. The van der Waals surface area contributed by atoms with Crippen molar-refractivity contribution in [2.24, 2.45) is 0 Å². The van der Waals surface area contributed by atoms with Gasteiger partial charge in [-0.05, 0) is 28.1 Å². The fraction of sp³-hybridized carbons (Fsp3) is 0.429. The summed E-state index contributed by atoms with van der Waals surface area (Å²) in [5.41, 5.74) is 1.60. The second-order valence-electron chi connectivity index (χ2n) is 4.72. The molecule has 0 saturated carbocycles. The smallest absolute Gasteiger partial charge is 0.304 e. The second kappa shape index (κ2) is 6.73. The molecule has 0 bridgehead atoms. The van der Waals surface area contributed by atoms with E-state index in [0.29, 0.717) is 12.1 Å². The second-order valence-corrected chi connectivity index (χ2v) is 5.57. The quantitative estimate of drug-likeness (QED) is 0.908. The molecule has 5 nitrogen and oxygen atoms in total. The van der Waals surface area contributed by atoms with Crippen molar-refractivity contribution in [2.75, 3.05) is 37.6 Å². The highest BCUT2D eigenvalue weighted by Gasteiger charge is 2.20. The first-order chi connectivity index (χ1) is 9.61. The van der Waals surface area contributed by atoms with E-state index in [9.17, 15) is 10.1 Å². The van der Waals surface area contributed by atoms with Gasteiger partial charge in [-0.1, -0.05) is 6.07 Å². The minimum absolute atomic E-state index is 0.181. The van der Waals surface area contributed by atoms with Gasteiger partial charge in [-0.3, -0.25) is 9.69 Å². The number of carboxylic acid groups (broad SMARTS) is 1. The fourth-order valence-electron chi connectivity index (χ4n) is 2.35. The van der Waals surface area contributed by atoms with Crippen LogP contribution in [0.3, 0.4) is 0 Å². The van der Waals surface area contributed by atoms with E-state index in [4.69, 9.17) is 5.11 Å². The van der Waals surface area contributed by atoms with Crippen LogP contribution in [0.15, 0.2) is 22.7 Å². The Balaban J connectivity index is 1.99. The lowest BCUT2D eigenvalue weighted by molar-refractivity contribution is -0.137. The van der Waals surface area contributed by atoms with Crippen LogP contribution in [0.25, 0.3) is 0 Å². The number of hydrogen-bond acceptors (Lipinski definition) is 4. The van der Waals surface area contributed by atoms with Crippen molar-refractivity contribution < 1.29 is 9.90 Å². The Morgan fingerprint density at radius 1 is 1.35 bits per heavy atom. The number of carbonyl (C=O) groups is 1. The molecule has 0 unspecified atom stereocenters. The Morgan fingerprint density at radius 2 is 2.05 bits per heavy atom. The number of nitriles is 1. The van der Waals surface area contributed by atoms with Crippen LogP contribution >= 0.6 is 15.9 Å². The normalized spacial score (nSPS) is 15.9. The number of piperazine rings is 1. The number of nitrogens with zero attached hydrogens (tertiary/aromatic N) is 3. The lowest BCUT2D eigenvalue weighted by Crippen LogP contribution is -2.47. The first kappa shape index (κ1) is 14.8. The number of anilines is 1. The molecule has 1 saturated heterocycles. The average molecular weight is 338 g/mol. The van der Waals surface area contributed by atoms with Crippen LogP contribution in [0, 0.1) is 11.3 Å². The van der Waals surface area contributed by atoms with E-state index in [0.717, 1.165) is 36.3 Å². The molecule has 20 heavy (non-hydrogen) atoms. The lowest BCUT2D eigenvalue weighted by Gasteiger charge is -2.36. The Labute approximate surface area is 126 Å². The molecular weight excluding hydrogens is 322 g/mol. The van der Waals surface area contributed by atoms with Crippen molar-refractivity contribution in [3.05, 3.63) is 28.2 Å². The molecule has 1 N–H and O–H groups in total. The zero-order valence-electron chi connectivity index (χ0n) is 11.0. The van der Waals surface area contributed by atoms with Gasteiger partial charge >= 0.3 is 5.97 Å². The summed E-state index contributed by atoms with van der Waals surface area (Å²) in [6.45, 7) is 3.86. The minimum Gasteiger partial charge on any atom is -0.481 e. The van der Waals surface area contributed by atoms with Crippen LogP contribution in [-0.4, -0.2) is 48.7 Å². The molecule has 1 aliphatic heterocycles. The van der Waals surface area contributed by atoms with Gasteiger partial charge in [-0.25, -0.2) is 0 Å². The summed E-state index contributed by atoms with van der Waals surface area (Å²) >= 11 is 3.40. The van der Waals surface area contributed by atoms with E-state index in [1.54, 1.807) is 0 Å². The van der Waals surface area contributed by atoms with Gasteiger partial charge in [0.05, 0.1) is 17.7 Å². The molecule has 1 aromatic carbocycles. The maximum atomic E-state index is 10.6. The standard InChI is InChI=1S/C14H16BrN3O2/c15-12-2-1-3-13(11(12)10-16)18-8-6-17(7-9-18)5-4-14(19)20/h1-3H,4-9H2,(H,19,20).